The van der Waals surface area contributed by atoms with E-state index in [1.54, 1.807) is 0 Å². The van der Waals surface area contributed by atoms with E-state index in [-0.39, 0.29) is 0 Å². The quantitative estimate of drug-likeness (QED) is 0.894. The van der Waals surface area contributed by atoms with Gasteiger partial charge in [-0.15, -0.1) is 0 Å². The molecule has 3 nitrogen and oxygen atoms in total. The minimum absolute atomic E-state index is 0.571. The molecule has 2 rings (SSSR count). The van der Waals surface area contributed by atoms with Gasteiger partial charge in [-0.2, -0.15) is 0 Å². The molecule has 0 fully saturated rings. The molecule has 100 valence electrons. The van der Waals surface area contributed by atoms with Gasteiger partial charge in [0, 0.05) is 32.4 Å². The van der Waals surface area contributed by atoms with Gasteiger partial charge in [-0.1, -0.05) is 30.3 Å². The second kappa shape index (κ2) is 6.25. The summed E-state index contributed by atoms with van der Waals surface area (Å²) >= 11 is 0. The second-order valence-corrected chi connectivity index (χ2v) is 4.70. The summed E-state index contributed by atoms with van der Waals surface area (Å²) in [6.45, 7) is 1.15. The molecular formula is C16H20N2O. The largest absolute Gasteiger partial charge is 0.489 e. The molecule has 0 spiro atoms. The smallest absolute Gasteiger partial charge is 0.121 e. The normalized spacial score (nSPS) is 10.3. The monoisotopic (exact) mass is 256 g/mol. The van der Waals surface area contributed by atoms with Gasteiger partial charge in [0.05, 0.1) is 0 Å². The number of hydrogen-bond donors (Lipinski definition) is 1. The molecule has 0 unspecified atom stereocenters. The van der Waals surface area contributed by atoms with Crippen LogP contribution in [0.5, 0.6) is 5.75 Å². The van der Waals surface area contributed by atoms with E-state index in [4.69, 9.17) is 10.5 Å². The van der Waals surface area contributed by atoms with Crippen molar-refractivity contribution >= 4 is 5.69 Å². The van der Waals surface area contributed by atoms with E-state index in [9.17, 15) is 0 Å². The lowest BCUT2D eigenvalue weighted by molar-refractivity contribution is 0.306. The molecule has 0 aliphatic carbocycles. The number of ether oxygens (including phenoxy) is 1. The molecule has 0 amide bonds. The van der Waals surface area contributed by atoms with Crippen molar-refractivity contribution in [1.82, 2.24) is 0 Å². The summed E-state index contributed by atoms with van der Waals surface area (Å²) in [5, 5.41) is 0. The lowest BCUT2D eigenvalue weighted by Gasteiger charge is -2.14. The molecule has 0 saturated heterocycles. The van der Waals surface area contributed by atoms with E-state index < -0.39 is 0 Å². The maximum Gasteiger partial charge on any atom is 0.121 e. The minimum atomic E-state index is 0.571. The van der Waals surface area contributed by atoms with Crippen LogP contribution < -0.4 is 15.4 Å². The predicted octanol–water partition coefficient (Wildman–Crippen LogP) is 2.79. The van der Waals surface area contributed by atoms with Crippen molar-refractivity contribution in [2.24, 2.45) is 5.73 Å². The Bertz CT molecular complexity index is 521. The zero-order chi connectivity index (χ0) is 13.7. The van der Waals surface area contributed by atoms with Crippen LogP contribution >= 0.6 is 0 Å². The molecule has 19 heavy (non-hydrogen) atoms. The van der Waals surface area contributed by atoms with Crippen molar-refractivity contribution in [3.05, 3.63) is 59.7 Å². The predicted molar refractivity (Wildman–Crippen MR) is 79.4 cm³/mol. The summed E-state index contributed by atoms with van der Waals surface area (Å²) in [7, 11) is 4.04. The molecule has 0 aliphatic heterocycles. The fraction of sp³-hybridized carbons (Fsp3) is 0.250. The molecule has 0 atom stereocenters. The zero-order valence-corrected chi connectivity index (χ0v) is 11.5. The lowest BCUT2D eigenvalue weighted by Crippen LogP contribution is -2.08. The molecule has 2 N–H and O–H groups in total. The number of rotatable bonds is 5. The first kappa shape index (κ1) is 13.4. The summed E-state index contributed by atoms with van der Waals surface area (Å²) in [5.74, 6) is 0.883. The van der Waals surface area contributed by atoms with Crippen LogP contribution in [0.4, 0.5) is 5.69 Å². The van der Waals surface area contributed by atoms with Gasteiger partial charge in [-0.3, -0.25) is 0 Å². The molecule has 0 aromatic heterocycles. The fourth-order valence-electron chi connectivity index (χ4n) is 1.79. The Hall–Kier alpha value is -2.00. The summed E-state index contributed by atoms with van der Waals surface area (Å²) in [6.07, 6.45) is 0. The minimum Gasteiger partial charge on any atom is -0.489 e. The average molecular weight is 256 g/mol. The summed E-state index contributed by atoms with van der Waals surface area (Å²) in [5.41, 5.74) is 8.99. The molecule has 2 aromatic rings. The topological polar surface area (TPSA) is 38.5 Å². The Labute approximate surface area is 114 Å². The standard InChI is InChI=1S/C16H20N2O/c1-18(2)15-4-3-5-16(10-15)19-12-14-8-6-13(11-17)7-9-14/h3-10H,11-12,17H2,1-2H3. The van der Waals surface area contributed by atoms with Crippen molar-refractivity contribution in [1.29, 1.82) is 0 Å². The van der Waals surface area contributed by atoms with Crippen LogP contribution in [-0.4, -0.2) is 14.1 Å². The van der Waals surface area contributed by atoms with Crippen LogP contribution in [0.2, 0.25) is 0 Å². The van der Waals surface area contributed by atoms with E-state index in [0.717, 1.165) is 22.6 Å². The van der Waals surface area contributed by atoms with Crippen molar-refractivity contribution < 1.29 is 4.74 Å². The molecule has 0 bridgehead atoms. The first-order valence-corrected chi connectivity index (χ1v) is 6.37. The molecule has 0 saturated carbocycles. The van der Waals surface area contributed by atoms with Gasteiger partial charge >= 0.3 is 0 Å². The summed E-state index contributed by atoms with van der Waals surface area (Å²) in [6, 6.07) is 16.3. The number of benzene rings is 2. The highest BCUT2D eigenvalue weighted by Gasteiger charge is 1.99. The maximum absolute atomic E-state index is 5.80. The number of nitrogens with zero attached hydrogens (tertiary/aromatic N) is 1. The molecule has 2 aromatic carbocycles. The first-order chi connectivity index (χ1) is 9.19. The van der Waals surface area contributed by atoms with Crippen LogP contribution in [0, 0.1) is 0 Å². The number of hydrogen-bond acceptors (Lipinski definition) is 3. The van der Waals surface area contributed by atoms with Gasteiger partial charge in [-0.05, 0) is 23.3 Å². The Morgan fingerprint density at radius 3 is 2.32 bits per heavy atom. The first-order valence-electron chi connectivity index (χ1n) is 6.37. The van der Waals surface area contributed by atoms with Crippen molar-refractivity contribution in [2.45, 2.75) is 13.2 Å². The maximum atomic E-state index is 5.80. The van der Waals surface area contributed by atoms with Gasteiger partial charge in [0.15, 0.2) is 0 Å². The van der Waals surface area contributed by atoms with Crippen LogP contribution in [0.25, 0.3) is 0 Å². The third-order valence-corrected chi connectivity index (χ3v) is 3.00. The van der Waals surface area contributed by atoms with Crippen LogP contribution in [0.1, 0.15) is 11.1 Å². The zero-order valence-electron chi connectivity index (χ0n) is 11.5. The summed E-state index contributed by atoms with van der Waals surface area (Å²) in [4.78, 5) is 2.06. The van der Waals surface area contributed by atoms with Gasteiger partial charge in [0.2, 0.25) is 0 Å². The van der Waals surface area contributed by atoms with E-state index in [1.165, 1.54) is 0 Å². The highest BCUT2D eigenvalue weighted by atomic mass is 16.5. The van der Waals surface area contributed by atoms with Crippen molar-refractivity contribution in [3.8, 4) is 5.75 Å². The van der Waals surface area contributed by atoms with E-state index >= 15 is 0 Å². The van der Waals surface area contributed by atoms with Gasteiger partial charge < -0.3 is 15.4 Å². The Morgan fingerprint density at radius 2 is 1.68 bits per heavy atom. The van der Waals surface area contributed by atoms with Crippen LogP contribution in [-0.2, 0) is 13.2 Å². The van der Waals surface area contributed by atoms with E-state index in [1.807, 2.05) is 44.4 Å². The highest BCUT2D eigenvalue weighted by molar-refractivity contribution is 5.49. The van der Waals surface area contributed by atoms with E-state index in [0.29, 0.717) is 13.2 Å². The van der Waals surface area contributed by atoms with Gasteiger partial charge in [0.25, 0.3) is 0 Å². The number of nitrogens with two attached hydrogens (primary N) is 1. The van der Waals surface area contributed by atoms with Gasteiger partial charge in [-0.25, -0.2) is 0 Å². The molecule has 0 radical (unpaired) electrons. The fourth-order valence-corrected chi connectivity index (χ4v) is 1.79. The third-order valence-electron chi connectivity index (χ3n) is 3.00. The van der Waals surface area contributed by atoms with Crippen molar-refractivity contribution in [3.63, 3.8) is 0 Å². The van der Waals surface area contributed by atoms with Crippen LogP contribution in [0.3, 0.4) is 0 Å². The Kier molecular flexibility index (Phi) is 4.42. The number of anilines is 1. The Balaban J connectivity index is 1.99. The SMILES string of the molecule is CN(C)c1cccc(OCc2ccc(CN)cc2)c1. The molecule has 3 heteroatoms. The van der Waals surface area contributed by atoms with E-state index in [2.05, 4.69) is 23.1 Å². The second-order valence-electron chi connectivity index (χ2n) is 4.70. The highest BCUT2D eigenvalue weighted by Crippen LogP contribution is 2.20. The molecule has 0 heterocycles. The van der Waals surface area contributed by atoms with Crippen LogP contribution in [0.15, 0.2) is 48.5 Å². The molecular weight excluding hydrogens is 236 g/mol. The Morgan fingerprint density at radius 1 is 1.00 bits per heavy atom. The molecule has 0 aliphatic rings. The van der Waals surface area contributed by atoms with Gasteiger partial charge in [0.1, 0.15) is 12.4 Å². The lowest BCUT2D eigenvalue weighted by atomic mass is 10.1. The third kappa shape index (κ3) is 3.73. The summed E-state index contributed by atoms with van der Waals surface area (Å²) < 4.78 is 5.80. The average Bonchev–Trinajstić information content (AvgIpc) is 2.46. The van der Waals surface area contributed by atoms with Crippen molar-refractivity contribution in [2.75, 3.05) is 19.0 Å².